The molecule has 0 spiro atoms. The summed E-state index contributed by atoms with van der Waals surface area (Å²) in [4.78, 5) is 2.39. The van der Waals surface area contributed by atoms with Gasteiger partial charge in [0.15, 0.2) is 0 Å². The number of likely N-dealkylation sites (tertiary alicyclic amines) is 1. The summed E-state index contributed by atoms with van der Waals surface area (Å²) < 4.78 is 19.8. The zero-order chi connectivity index (χ0) is 13.7. The average Bonchev–Trinajstić information content (AvgIpc) is 2.40. The van der Waals surface area contributed by atoms with Crippen molar-refractivity contribution in [2.45, 2.75) is 38.8 Å². The van der Waals surface area contributed by atoms with Crippen LogP contribution in [-0.2, 0) is 11.3 Å². The predicted octanol–water partition coefficient (Wildman–Crippen LogP) is 3.98. The molecule has 1 unspecified atom stereocenters. The summed E-state index contributed by atoms with van der Waals surface area (Å²) in [6, 6.07) is 4.91. The van der Waals surface area contributed by atoms with E-state index in [0.717, 1.165) is 49.1 Å². The fourth-order valence-electron chi connectivity index (χ4n) is 2.47. The van der Waals surface area contributed by atoms with Gasteiger partial charge in [0, 0.05) is 24.2 Å². The molecule has 4 heteroatoms. The predicted molar refractivity (Wildman–Crippen MR) is 78.6 cm³/mol. The quantitative estimate of drug-likeness (QED) is 0.810. The van der Waals surface area contributed by atoms with Gasteiger partial charge >= 0.3 is 0 Å². The molecule has 1 aromatic carbocycles. The second kappa shape index (κ2) is 7.36. The number of rotatable bonds is 5. The van der Waals surface area contributed by atoms with Crippen LogP contribution in [0.1, 0.15) is 31.7 Å². The van der Waals surface area contributed by atoms with E-state index in [1.807, 2.05) is 6.07 Å². The highest BCUT2D eigenvalue weighted by atomic mass is 79.9. The van der Waals surface area contributed by atoms with Crippen LogP contribution >= 0.6 is 15.9 Å². The first-order valence-electron chi connectivity index (χ1n) is 6.97. The number of ether oxygens (including phenoxy) is 1. The summed E-state index contributed by atoms with van der Waals surface area (Å²) >= 11 is 3.43. The van der Waals surface area contributed by atoms with Crippen LogP contribution in [0.2, 0.25) is 0 Å². The Bertz CT molecular complexity index is 413. The molecule has 0 N–H and O–H groups in total. The van der Waals surface area contributed by atoms with Crippen molar-refractivity contribution >= 4 is 15.9 Å². The largest absolute Gasteiger partial charge is 0.377 e. The molecule has 1 saturated heterocycles. The summed E-state index contributed by atoms with van der Waals surface area (Å²) in [5.74, 6) is -0.196. The van der Waals surface area contributed by atoms with Crippen LogP contribution in [-0.4, -0.2) is 30.7 Å². The molecular weight excluding hydrogens is 309 g/mol. The van der Waals surface area contributed by atoms with Gasteiger partial charge in [-0.2, -0.15) is 0 Å². The number of nitrogens with zero attached hydrogens (tertiary/aromatic N) is 1. The van der Waals surface area contributed by atoms with E-state index in [4.69, 9.17) is 4.74 Å². The molecule has 1 aliphatic rings. The van der Waals surface area contributed by atoms with Crippen molar-refractivity contribution in [3.63, 3.8) is 0 Å². The first-order chi connectivity index (χ1) is 9.19. The molecule has 0 amide bonds. The standard InChI is InChI=1S/C15H21BrFNO/c1-2-8-19-14-4-3-7-18(11-14)10-12-5-6-13(17)9-15(12)16/h5-6,9,14H,2-4,7-8,10-11H2,1H3. The van der Waals surface area contributed by atoms with Crippen molar-refractivity contribution in [1.29, 1.82) is 0 Å². The highest BCUT2D eigenvalue weighted by Crippen LogP contribution is 2.22. The molecule has 106 valence electrons. The van der Waals surface area contributed by atoms with Gasteiger partial charge in [0.2, 0.25) is 0 Å². The molecule has 1 heterocycles. The normalized spacial score (nSPS) is 20.7. The van der Waals surface area contributed by atoms with Crippen molar-refractivity contribution in [1.82, 2.24) is 4.90 Å². The number of hydrogen-bond donors (Lipinski definition) is 0. The third kappa shape index (κ3) is 4.55. The maximum Gasteiger partial charge on any atom is 0.124 e. The highest BCUT2D eigenvalue weighted by Gasteiger charge is 2.20. The molecule has 2 nitrogen and oxygen atoms in total. The fourth-order valence-corrected chi connectivity index (χ4v) is 2.94. The minimum atomic E-state index is -0.196. The van der Waals surface area contributed by atoms with Crippen LogP contribution < -0.4 is 0 Å². The molecule has 0 saturated carbocycles. The molecule has 1 atom stereocenters. The minimum absolute atomic E-state index is 0.196. The number of hydrogen-bond acceptors (Lipinski definition) is 2. The van der Waals surface area contributed by atoms with Gasteiger partial charge in [-0.15, -0.1) is 0 Å². The fraction of sp³-hybridized carbons (Fsp3) is 0.600. The monoisotopic (exact) mass is 329 g/mol. The molecule has 2 rings (SSSR count). The van der Waals surface area contributed by atoms with Crippen LogP contribution in [0.25, 0.3) is 0 Å². The topological polar surface area (TPSA) is 12.5 Å². The third-order valence-corrected chi connectivity index (χ3v) is 4.17. The summed E-state index contributed by atoms with van der Waals surface area (Å²) in [6.07, 6.45) is 3.75. The second-order valence-corrected chi connectivity index (χ2v) is 5.96. The Labute approximate surface area is 123 Å². The van der Waals surface area contributed by atoms with E-state index in [1.165, 1.54) is 18.6 Å². The Morgan fingerprint density at radius 2 is 2.32 bits per heavy atom. The van der Waals surface area contributed by atoms with Crippen LogP contribution in [0.5, 0.6) is 0 Å². The van der Waals surface area contributed by atoms with Crippen LogP contribution in [0.3, 0.4) is 0 Å². The van der Waals surface area contributed by atoms with Gasteiger partial charge in [-0.3, -0.25) is 4.90 Å². The van der Waals surface area contributed by atoms with Gasteiger partial charge in [0.25, 0.3) is 0 Å². The molecule has 0 bridgehead atoms. The van der Waals surface area contributed by atoms with E-state index < -0.39 is 0 Å². The summed E-state index contributed by atoms with van der Waals surface area (Å²) in [5.41, 5.74) is 1.14. The van der Waals surface area contributed by atoms with Gasteiger partial charge in [-0.05, 0) is 43.5 Å². The van der Waals surface area contributed by atoms with Gasteiger partial charge in [-0.1, -0.05) is 28.9 Å². The van der Waals surface area contributed by atoms with E-state index in [2.05, 4.69) is 27.8 Å². The second-order valence-electron chi connectivity index (χ2n) is 5.11. The van der Waals surface area contributed by atoms with E-state index in [-0.39, 0.29) is 5.82 Å². The molecular formula is C15H21BrFNO. The first-order valence-corrected chi connectivity index (χ1v) is 7.76. The molecule has 19 heavy (non-hydrogen) atoms. The van der Waals surface area contributed by atoms with Crippen LogP contribution in [0.4, 0.5) is 4.39 Å². The molecule has 1 fully saturated rings. The zero-order valence-corrected chi connectivity index (χ0v) is 13.0. The zero-order valence-electron chi connectivity index (χ0n) is 11.4. The number of halogens is 2. The minimum Gasteiger partial charge on any atom is -0.377 e. The summed E-state index contributed by atoms with van der Waals surface area (Å²) in [5, 5.41) is 0. The Morgan fingerprint density at radius 3 is 3.05 bits per heavy atom. The molecule has 0 aromatic heterocycles. The first kappa shape index (κ1) is 14.9. The Kier molecular flexibility index (Phi) is 5.79. The maximum absolute atomic E-state index is 13.1. The summed E-state index contributed by atoms with van der Waals surface area (Å²) in [7, 11) is 0. The van der Waals surface area contributed by atoms with Crippen molar-refractivity contribution in [3.05, 3.63) is 34.1 Å². The van der Waals surface area contributed by atoms with Crippen LogP contribution in [0.15, 0.2) is 22.7 Å². The van der Waals surface area contributed by atoms with Crippen molar-refractivity contribution in [2.75, 3.05) is 19.7 Å². The molecule has 0 aliphatic carbocycles. The Hall–Kier alpha value is -0.450. The molecule has 1 aromatic rings. The lowest BCUT2D eigenvalue weighted by molar-refractivity contribution is -0.00228. The smallest absolute Gasteiger partial charge is 0.124 e. The average molecular weight is 330 g/mol. The highest BCUT2D eigenvalue weighted by molar-refractivity contribution is 9.10. The van der Waals surface area contributed by atoms with E-state index in [1.54, 1.807) is 0 Å². The molecule has 0 radical (unpaired) electrons. The van der Waals surface area contributed by atoms with E-state index in [9.17, 15) is 4.39 Å². The van der Waals surface area contributed by atoms with Gasteiger partial charge in [0.05, 0.1) is 6.10 Å². The number of piperidine rings is 1. The van der Waals surface area contributed by atoms with Crippen molar-refractivity contribution in [3.8, 4) is 0 Å². The van der Waals surface area contributed by atoms with E-state index >= 15 is 0 Å². The Morgan fingerprint density at radius 1 is 1.47 bits per heavy atom. The lowest BCUT2D eigenvalue weighted by atomic mass is 10.1. The van der Waals surface area contributed by atoms with E-state index in [0.29, 0.717) is 6.10 Å². The van der Waals surface area contributed by atoms with Crippen molar-refractivity contribution < 1.29 is 9.13 Å². The third-order valence-electron chi connectivity index (χ3n) is 3.43. The summed E-state index contributed by atoms with van der Waals surface area (Å²) in [6.45, 7) is 5.90. The lowest BCUT2D eigenvalue weighted by Crippen LogP contribution is -2.39. The van der Waals surface area contributed by atoms with Gasteiger partial charge in [0.1, 0.15) is 5.82 Å². The molecule has 1 aliphatic heterocycles. The Balaban J connectivity index is 1.91. The maximum atomic E-state index is 13.1. The van der Waals surface area contributed by atoms with Gasteiger partial charge < -0.3 is 4.74 Å². The SMILES string of the molecule is CCCOC1CCCN(Cc2ccc(F)cc2Br)C1. The van der Waals surface area contributed by atoms with Gasteiger partial charge in [-0.25, -0.2) is 4.39 Å². The van der Waals surface area contributed by atoms with Crippen molar-refractivity contribution in [2.24, 2.45) is 0 Å². The number of benzene rings is 1. The lowest BCUT2D eigenvalue weighted by Gasteiger charge is -2.32. The van der Waals surface area contributed by atoms with Crippen LogP contribution in [0, 0.1) is 5.82 Å².